The Bertz CT molecular complexity index is 777. The summed E-state index contributed by atoms with van der Waals surface area (Å²) in [6.07, 6.45) is 1.89. The Morgan fingerprint density at radius 3 is 2.81 bits per heavy atom. The maximum absolute atomic E-state index is 5.70. The molecule has 0 fully saturated rings. The average molecular weight is 295 g/mol. The van der Waals surface area contributed by atoms with Gasteiger partial charge in [-0.25, -0.2) is 4.98 Å². The van der Waals surface area contributed by atoms with Crippen molar-refractivity contribution < 1.29 is 0 Å². The zero-order valence-corrected chi connectivity index (χ0v) is 12.9. The Hall–Kier alpha value is -2.04. The van der Waals surface area contributed by atoms with Gasteiger partial charge >= 0.3 is 0 Å². The second-order valence-corrected chi connectivity index (χ2v) is 5.98. The summed E-state index contributed by atoms with van der Waals surface area (Å²) < 4.78 is 0. The van der Waals surface area contributed by atoms with Gasteiger partial charge in [0.25, 0.3) is 0 Å². The highest BCUT2D eigenvalue weighted by Crippen LogP contribution is 2.30. The largest absolute Gasteiger partial charge is 0.326 e. The van der Waals surface area contributed by atoms with Gasteiger partial charge in [-0.3, -0.25) is 4.98 Å². The van der Waals surface area contributed by atoms with Crippen LogP contribution in [0.25, 0.3) is 22.0 Å². The van der Waals surface area contributed by atoms with E-state index in [4.69, 9.17) is 10.7 Å². The van der Waals surface area contributed by atoms with Crippen LogP contribution < -0.4 is 5.73 Å². The summed E-state index contributed by atoms with van der Waals surface area (Å²) in [4.78, 5) is 9.25. The molecule has 3 aromatic rings. The fourth-order valence-electron chi connectivity index (χ4n) is 2.31. The number of benzene rings is 1. The van der Waals surface area contributed by atoms with Gasteiger partial charge in [-0.05, 0) is 36.6 Å². The maximum atomic E-state index is 5.70. The van der Waals surface area contributed by atoms with Crippen molar-refractivity contribution in [3.63, 3.8) is 0 Å². The van der Waals surface area contributed by atoms with E-state index in [1.54, 1.807) is 11.3 Å². The molecule has 0 aliphatic rings. The van der Waals surface area contributed by atoms with Crippen molar-refractivity contribution in [2.45, 2.75) is 20.4 Å². The van der Waals surface area contributed by atoms with Gasteiger partial charge in [-0.2, -0.15) is 0 Å². The number of aryl methyl sites for hydroxylation is 2. The fourth-order valence-corrected chi connectivity index (χ4v) is 3.20. The minimum atomic E-state index is 0.545. The lowest BCUT2D eigenvalue weighted by molar-refractivity contribution is 1.07. The molecule has 0 unspecified atom stereocenters. The normalized spacial score (nSPS) is 10.8. The monoisotopic (exact) mass is 295 g/mol. The van der Waals surface area contributed by atoms with Crippen LogP contribution in [-0.4, -0.2) is 9.97 Å². The molecule has 0 bridgehead atoms. The van der Waals surface area contributed by atoms with Gasteiger partial charge in [0.05, 0.1) is 5.69 Å². The maximum Gasteiger partial charge on any atom is 0.142 e. The van der Waals surface area contributed by atoms with Crippen LogP contribution in [0, 0.1) is 13.8 Å². The van der Waals surface area contributed by atoms with E-state index in [2.05, 4.69) is 42.4 Å². The highest BCUT2D eigenvalue weighted by Gasteiger charge is 2.10. The van der Waals surface area contributed by atoms with Crippen LogP contribution in [0.5, 0.6) is 0 Å². The first-order valence-corrected chi connectivity index (χ1v) is 7.74. The molecule has 0 spiro atoms. The number of nitrogens with two attached hydrogens (primary N) is 1. The lowest BCUT2D eigenvalue weighted by atomic mass is 10.1. The number of rotatable bonds is 3. The van der Waals surface area contributed by atoms with Gasteiger partial charge in [-0.15, -0.1) is 11.3 Å². The summed E-state index contributed by atoms with van der Waals surface area (Å²) in [6.45, 7) is 4.67. The molecular formula is C17H17N3S. The van der Waals surface area contributed by atoms with Gasteiger partial charge in [0, 0.05) is 23.7 Å². The van der Waals surface area contributed by atoms with Crippen LogP contribution in [-0.2, 0) is 6.54 Å². The molecule has 4 heteroatoms. The first-order chi connectivity index (χ1) is 10.2. The van der Waals surface area contributed by atoms with Crippen molar-refractivity contribution in [1.29, 1.82) is 0 Å². The summed E-state index contributed by atoms with van der Waals surface area (Å²) in [5.74, 6) is 0. The molecule has 3 rings (SSSR count). The Kier molecular flexibility index (Phi) is 3.82. The minimum Gasteiger partial charge on any atom is -0.326 e. The number of pyridine rings is 1. The van der Waals surface area contributed by atoms with E-state index >= 15 is 0 Å². The first kappa shape index (κ1) is 13.9. The third-order valence-electron chi connectivity index (χ3n) is 3.38. The number of nitrogens with zero attached hydrogens (tertiary/aromatic N) is 2. The number of thiazole rings is 1. The Morgan fingerprint density at radius 2 is 2.05 bits per heavy atom. The van der Waals surface area contributed by atoms with E-state index in [9.17, 15) is 0 Å². The summed E-state index contributed by atoms with van der Waals surface area (Å²) in [7, 11) is 0. The first-order valence-electron chi connectivity index (χ1n) is 6.86. The lowest BCUT2D eigenvalue weighted by Gasteiger charge is -2.02. The van der Waals surface area contributed by atoms with E-state index in [0.29, 0.717) is 6.54 Å². The topological polar surface area (TPSA) is 51.8 Å². The van der Waals surface area contributed by atoms with Crippen LogP contribution in [0.1, 0.15) is 16.7 Å². The Morgan fingerprint density at radius 1 is 1.19 bits per heavy atom. The SMILES string of the molecule is Cc1cnc(-c2nc(-c3cccc(CN)c3)cs2)c(C)c1. The number of hydrogen-bond donors (Lipinski definition) is 1. The van der Waals surface area contributed by atoms with E-state index in [0.717, 1.165) is 33.1 Å². The second-order valence-electron chi connectivity index (χ2n) is 5.12. The van der Waals surface area contributed by atoms with Crippen LogP contribution in [0.15, 0.2) is 41.9 Å². The zero-order valence-electron chi connectivity index (χ0n) is 12.1. The molecule has 21 heavy (non-hydrogen) atoms. The van der Waals surface area contributed by atoms with Crippen molar-refractivity contribution >= 4 is 11.3 Å². The van der Waals surface area contributed by atoms with Crippen molar-refractivity contribution in [2.75, 3.05) is 0 Å². The molecule has 0 amide bonds. The number of aromatic nitrogens is 2. The third kappa shape index (κ3) is 2.86. The van der Waals surface area contributed by atoms with Crippen molar-refractivity contribution in [1.82, 2.24) is 9.97 Å². The van der Waals surface area contributed by atoms with E-state index in [-0.39, 0.29) is 0 Å². The highest BCUT2D eigenvalue weighted by molar-refractivity contribution is 7.13. The second kappa shape index (κ2) is 5.76. The van der Waals surface area contributed by atoms with Crippen LogP contribution >= 0.6 is 11.3 Å². The summed E-state index contributed by atoms with van der Waals surface area (Å²) in [5.41, 5.74) is 12.2. The molecule has 106 valence electrons. The Balaban J connectivity index is 1.99. The molecular weight excluding hydrogens is 278 g/mol. The summed E-state index contributed by atoms with van der Waals surface area (Å²) in [5, 5.41) is 3.03. The van der Waals surface area contributed by atoms with Gasteiger partial charge in [0.1, 0.15) is 10.7 Å². The zero-order chi connectivity index (χ0) is 14.8. The number of hydrogen-bond acceptors (Lipinski definition) is 4. The molecule has 2 aromatic heterocycles. The van der Waals surface area contributed by atoms with Gasteiger partial charge in [-0.1, -0.05) is 24.3 Å². The standard InChI is InChI=1S/C17H17N3S/c1-11-6-12(2)16(19-9-11)17-20-15(10-21-17)14-5-3-4-13(7-14)8-18/h3-7,9-10H,8,18H2,1-2H3. The van der Waals surface area contributed by atoms with E-state index in [1.165, 1.54) is 5.56 Å². The van der Waals surface area contributed by atoms with Crippen LogP contribution in [0.4, 0.5) is 0 Å². The van der Waals surface area contributed by atoms with E-state index < -0.39 is 0 Å². The predicted molar refractivity (Wildman–Crippen MR) is 88.1 cm³/mol. The third-order valence-corrected chi connectivity index (χ3v) is 4.23. The van der Waals surface area contributed by atoms with Crippen molar-refractivity contribution in [2.24, 2.45) is 5.73 Å². The molecule has 2 heterocycles. The molecule has 0 aliphatic heterocycles. The smallest absolute Gasteiger partial charge is 0.142 e. The predicted octanol–water partition coefficient (Wildman–Crippen LogP) is 3.95. The van der Waals surface area contributed by atoms with Crippen molar-refractivity contribution in [3.05, 3.63) is 58.6 Å². The van der Waals surface area contributed by atoms with Gasteiger partial charge in [0.2, 0.25) is 0 Å². The van der Waals surface area contributed by atoms with Gasteiger partial charge < -0.3 is 5.73 Å². The summed E-state index contributed by atoms with van der Waals surface area (Å²) >= 11 is 1.63. The molecule has 1 aromatic carbocycles. The van der Waals surface area contributed by atoms with Crippen LogP contribution in [0.3, 0.4) is 0 Å². The molecule has 2 N–H and O–H groups in total. The molecule has 3 nitrogen and oxygen atoms in total. The average Bonchev–Trinajstić information content (AvgIpc) is 2.97. The fraction of sp³-hybridized carbons (Fsp3) is 0.176. The van der Waals surface area contributed by atoms with Crippen LogP contribution in [0.2, 0.25) is 0 Å². The lowest BCUT2D eigenvalue weighted by Crippen LogP contribution is -1.95. The minimum absolute atomic E-state index is 0.545. The quantitative estimate of drug-likeness (QED) is 0.796. The Labute approximate surface area is 128 Å². The molecule has 0 radical (unpaired) electrons. The molecule has 0 aliphatic carbocycles. The summed E-state index contributed by atoms with van der Waals surface area (Å²) in [6, 6.07) is 10.3. The van der Waals surface area contributed by atoms with Gasteiger partial charge in [0.15, 0.2) is 0 Å². The van der Waals surface area contributed by atoms with Crippen molar-refractivity contribution in [3.8, 4) is 22.0 Å². The molecule has 0 atom stereocenters. The van der Waals surface area contributed by atoms with E-state index in [1.807, 2.05) is 18.3 Å². The highest BCUT2D eigenvalue weighted by atomic mass is 32.1. The molecule has 0 saturated heterocycles. The molecule has 0 saturated carbocycles.